The molecule has 0 aromatic heterocycles. The van der Waals surface area contributed by atoms with Crippen LogP contribution >= 0.6 is 0 Å². The molecule has 1 amide bonds. The van der Waals surface area contributed by atoms with E-state index in [-0.39, 0.29) is 37.9 Å². The van der Waals surface area contributed by atoms with Gasteiger partial charge in [-0.2, -0.15) is 12.7 Å². The largest absolute Gasteiger partial charge is 0.351 e. The maximum Gasteiger partial charge on any atom is 0.276 e. The number of hydrogen-bond donors (Lipinski definition) is 2. The third kappa shape index (κ3) is 4.73. The monoisotopic (exact) mass is 330 g/mol. The van der Waals surface area contributed by atoms with E-state index >= 15 is 0 Å². The number of rotatable bonds is 5. The van der Waals surface area contributed by atoms with Crippen molar-refractivity contribution in [2.75, 3.05) is 32.7 Å². The quantitative estimate of drug-likeness (QED) is 0.743. The maximum absolute atomic E-state index is 13.4. The van der Waals surface area contributed by atoms with Gasteiger partial charge in [0.1, 0.15) is 5.82 Å². The Kier molecular flexibility index (Phi) is 5.46. The zero-order valence-corrected chi connectivity index (χ0v) is 12.9. The van der Waals surface area contributed by atoms with Crippen LogP contribution in [0.25, 0.3) is 0 Å². The first-order chi connectivity index (χ1) is 10.4. The van der Waals surface area contributed by atoms with Gasteiger partial charge in [0.05, 0.1) is 6.54 Å². The zero-order chi connectivity index (χ0) is 16.2. The first-order valence-electron chi connectivity index (χ1n) is 6.86. The maximum atomic E-state index is 13.4. The highest BCUT2D eigenvalue weighted by Crippen LogP contribution is 2.06. The highest BCUT2D eigenvalue weighted by Gasteiger charge is 2.24. The number of halogens is 1. The molecule has 1 aromatic rings. The van der Waals surface area contributed by atoms with Crippen LogP contribution in [-0.4, -0.2) is 56.3 Å². The lowest BCUT2D eigenvalue weighted by atomic mass is 10.2. The summed E-state index contributed by atoms with van der Waals surface area (Å²) < 4.78 is 37.0. The second kappa shape index (κ2) is 7.14. The fourth-order valence-corrected chi connectivity index (χ4v) is 2.91. The minimum Gasteiger partial charge on any atom is -0.351 e. The van der Waals surface area contributed by atoms with Gasteiger partial charge in [0.25, 0.3) is 10.2 Å². The molecule has 1 aliphatic rings. The molecule has 0 saturated carbocycles. The number of nitrogens with zero attached hydrogens (tertiary/aromatic N) is 2. The fraction of sp³-hybridized carbons (Fsp3) is 0.462. The Morgan fingerprint density at radius 1 is 1.23 bits per heavy atom. The van der Waals surface area contributed by atoms with Crippen molar-refractivity contribution in [3.8, 4) is 0 Å². The molecule has 0 bridgehead atoms. The topological polar surface area (TPSA) is 95.7 Å². The van der Waals surface area contributed by atoms with E-state index in [1.807, 2.05) is 4.90 Å². The van der Waals surface area contributed by atoms with Crippen molar-refractivity contribution in [2.24, 2.45) is 5.14 Å². The Bertz CT molecular complexity index is 630. The number of nitrogens with two attached hydrogens (primary N) is 1. The molecule has 2 rings (SSSR count). The van der Waals surface area contributed by atoms with Crippen molar-refractivity contribution in [1.82, 2.24) is 14.5 Å². The molecule has 22 heavy (non-hydrogen) atoms. The molecule has 0 aliphatic carbocycles. The Hall–Kier alpha value is -1.55. The predicted molar refractivity (Wildman–Crippen MR) is 79.4 cm³/mol. The summed E-state index contributed by atoms with van der Waals surface area (Å²) in [5.41, 5.74) is 0.426. The van der Waals surface area contributed by atoms with E-state index in [4.69, 9.17) is 5.14 Å². The van der Waals surface area contributed by atoms with Gasteiger partial charge in [-0.25, -0.2) is 9.53 Å². The smallest absolute Gasteiger partial charge is 0.276 e. The van der Waals surface area contributed by atoms with Gasteiger partial charge in [0.15, 0.2) is 0 Å². The molecular weight excluding hydrogens is 311 g/mol. The summed E-state index contributed by atoms with van der Waals surface area (Å²) in [7, 11) is -3.66. The third-order valence-corrected chi connectivity index (χ3v) is 4.58. The Labute approximate surface area is 129 Å². The molecule has 1 saturated heterocycles. The van der Waals surface area contributed by atoms with Crippen molar-refractivity contribution in [1.29, 1.82) is 0 Å². The number of nitrogens with one attached hydrogen (secondary N) is 1. The van der Waals surface area contributed by atoms with Gasteiger partial charge < -0.3 is 5.32 Å². The number of amides is 1. The molecule has 122 valence electrons. The number of carbonyl (C=O) groups is 1. The van der Waals surface area contributed by atoms with Crippen molar-refractivity contribution in [3.63, 3.8) is 0 Å². The van der Waals surface area contributed by atoms with E-state index < -0.39 is 10.2 Å². The van der Waals surface area contributed by atoms with Gasteiger partial charge in [-0.15, -0.1) is 0 Å². The highest BCUT2D eigenvalue weighted by atomic mass is 32.2. The van der Waals surface area contributed by atoms with Crippen LogP contribution in [0.2, 0.25) is 0 Å². The molecule has 1 heterocycles. The fourth-order valence-electron chi connectivity index (χ4n) is 2.24. The lowest BCUT2D eigenvalue weighted by Crippen LogP contribution is -2.52. The van der Waals surface area contributed by atoms with Gasteiger partial charge in [0.2, 0.25) is 5.91 Å². The number of piperazine rings is 1. The summed E-state index contributed by atoms with van der Waals surface area (Å²) in [5.74, 6) is -0.586. The summed E-state index contributed by atoms with van der Waals surface area (Å²) in [6, 6.07) is 6.25. The van der Waals surface area contributed by atoms with Crippen LogP contribution in [-0.2, 0) is 21.5 Å². The van der Waals surface area contributed by atoms with Crippen LogP contribution in [0.4, 0.5) is 4.39 Å². The van der Waals surface area contributed by atoms with Gasteiger partial charge in [-0.1, -0.05) is 18.2 Å². The van der Waals surface area contributed by atoms with Crippen molar-refractivity contribution < 1.29 is 17.6 Å². The van der Waals surface area contributed by atoms with Gasteiger partial charge in [-0.05, 0) is 6.07 Å². The normalized spacial score (nSPS) is 17.4. The predicted octanol–water partition coefficient (Wildman–Crippen LogP) is -0.737. The van der Waals surface area contributed by atoms with Crippen LogP contribution < -0.4 is 10.5 Å². The summed E-state index contributed by atoms with van der Waals surface area (Å²) >= 11 is 0. The number of benzene rings is 1. The van der Waals surface area contributed by atoms with Crippen molar-refractivity contribution >= 4 is 16.1 Å². The summed E-state index contributed by atoms with van der Waals surface area (Å²) in [6.45, 7) is 1.67. The molecule has 7 nitrogen and oxygen atoms in total. The molecule has 0 spiro atoms. The van der Waals surface area contributed by atoms with E-state index in [1.54, 1.807) is 18.2 Å². The molecule has 0 radical (unpaired) electrons. The lowest BCUT2D eigenvalue weighted by molar-refractivity contribution is -0.122. The second-order valence-electron chi connectivity index (χ2n) is 5.09. The molecule has 1 fully saturated rings. The molecular formula is C13H19FN4O3S. The van der Waals surface area contributed by atoms with Crippen LogP contribution in [0.1, 0.15) is 5.56 Å². The molecule has 1 aromatic carbocycles. The molecule has 0 unspecified atom stereocenters. The summed E-state index contributed by atoms with van der Waals surface area (Å²) in [4.78, 5) is 13.7. The molecule has 0 atom stereocenters. The lowest BCUT2D eigenvalue weighted by Gasteiger charge is -2.32. The Morgan fingerprint density at radius 2 is 1.86 bits per heavy atom. The van der Waals surface area contributed by atoms with Gasteiger partial charge in [-0.3, -0.25) is 9.69 Å². The number of hydrogen-bond acceptors (Lipinski definition) is 4. The van der Waals surface area contributed by atoms with E-state index in [0.717, 1.165) is 0 Å². The molecule has 3 N–H and O–H groups in total. The van der Waals surface area contributed by atoms with E-state index in [1.165, 1.54) is 10.4 Å². The average molecular weight is 330 g/mol. The van der Waals surface area contributed by atoms with Gasteiger partial charge in [0, 0.05) is 38.3 Å². The van der Waals surface area contributed by atoms with Crippen LogP contribution in [0.15, 0.2) is 24.3 Å². The summed E-state index contributed by atoms with van der Waals surface area (Å²) in [6.07, 6.45) is 0. The SMILES string of the molecule is NS(=O)(=O)N1CCN(CC(=O)NCc2ccccc2F)CC1. The zero-order valence-electron chi connectivity index (χ0n) is 12.0. The first kappa shape index (κ1) is 16.8. The average Bonchev–Trinajstić information content (AvgIpc) is 2.46. The van der Waals surface area contributed by atoms with Crippen molar-refractivity contribution in [3.05, 3.63) is 35.6 Å². The van der Waals surface area contributed by atoms with Crippen LogP contribution in [0, 0.1) is 5.82 Å². The standard InChI is InChI=1S/C13H19FN4O3S/c14-12-4-2-1-3-11(12)9-16-13(19)10-17-5-7-18(8-6-17)22(15,20)21/h1-4H,5-10H2,(H,16,19)(H2,15,20,21). The molecule has 9 heteroatoms. The summed E-state index contributed by atoms with van der Waals surface area (Å²) in [5, 5.41) is 7.70. The molecule has 1 aliphatic heterocycles. The van der Waals surface area contributed by atoms with Gasteiger partial charge >= 0.3 is 0 Å². The van der Waals surface area contributed by atoms with Crippen LogP contribution in [0.3, 0.4) is 0 Å². The van der Waals surface area contributed by atoms with E-state index in [0.29, 0.717) is 18.7 Å². The Morgan fingerprint density at radius 3 is 2.45 bits per heavy atom. The Balaban J connectivity index is 1.76. The minimum absolute atomic E-state index is 0.128. The second-order valence-corrected chi connectivity index (χ2v) is 6.63. The van der Waals surface area contributed by atoms with E-state index in [2.05, 4.69) is 5.32 Å². The third-order valence-electron chi connectivity index (χ3n) is 3.49. The van der Waals surface area contributed by atoms with Crippen molar-refractivity contribution in [2.45, 2.75) is 6.54 Å². The van der Waals surface area contributed by atoms with Crippen LogP contribution in [0.5, 0.6) is 0 Å². The highest BCUT2D eigenvalue weighted by molar-refractivity contribution is 7.86. The number of carbonyl (C=O) groups excluding carboxylic acids is 1. The van der Waals surface area contributed by atoms with E-state index in [9.17, 15) is 17.6 Å². The first-order valence-corrected chi connectivity index (χ1v) is 8.37. The minimum atomic E-state index is -3.66.